The summed E-state index contributed by atoms with van der Waals surface area (Å²) in [6.07, 6.45) is 2.75. The van der Waals surface area contributed by atoms with Crippen molar-refractivity contribution in [1.82, 2.24) is 4.90 Å². The Bertz CT molecular complexity index is 935. The molecule has 1 saturated heterocycles. The third-order valence-electron chi connectivity index (χ3n) is 6.67. The smallest absolute Gasteiger partial charge is 0.260 e. The number of carbonyl (C=O) groups excluding carboxylic acids is 2. The number of amides is 1. The Morgan fingerprint density at radius 3 is 2.25 bits per heavy atom. The fraction of sp³-hybridized carbons (Fsp3) is 0.500. The van der Waals surface area contributed by atoms with E-state index in [4.69, 9.17) is 4.74 Å². The number of para-hydroxylation sites is 1. The van der Waals surface area contributed by atoms with Gasteiger partial charge in [-0.25, -0.2) is 0 Å². The van der Waals surface area contributed by atoms with Gasteiger partial charge in [-0.1, -0.05) is 76.2 Å². The summed E-state index contributed by atoms with van der Waals surface area (Å²) in [7, 11) is 0. The van der Waals surface area contributed by atoms with E-state index in [-0.39, 0.29) is 17.9 Å². The van der Waals surface area contributed by atoms with Gasteiger partial charge in [-0.15, -0.1) is 0 Å². The van der Waals surface area contributed by atoms with Crippen molar-refractivity contribution in [3.8, 4) is 5.75 Å². The van der Waals surface area contributed by atoms with Crippen molar-refractivity contribution in [1.29, 1.82) is 0 Å². The summed E-state index contributed by atoms with van der Waals surface area (Å²) in [4.78, 5) is 28.0. The van der Waals surface area contributed by atoms with E-state index in [1.807, 2.05) is 49.1 Å². The number of hydrogen-bond donors (Lipinski definition) is 0. The molecular weight excluding hydrogens is 398 g/mol. The minimum atomic E-state index is -0.482. The Labute approximate surface area is 193 Å². The van der Waals surface area contributed by atoms with E-state index in [2.05, 4.69) is 39.0 Å². The zero-order valence-corrected chi connectivity index (χ0v) is 20.2. The highest BCUT2D eigenvalue weighted by Crippen LogP contribution is 2.38. The largest absolute Gasteiger partial charge is 0.483 e. The predicted octanol–water partition coefficient (Wildman–Crippen LogP) is 5.60. The summed E-state index contributed by atoms with van der Waals surface area (Å²) in [6.45, 7) is 11.7. The monoisotopic (exact) mass is 435 g/mol. The highest BCUT2D eigenvalue weighted by atomic mass is 16.5. The second-order valence-electron chi connectivity index (χ2n) is 9.99. The first-order valence-electron chi connectivity index (χ1n) is 11.8. The van der Waals surface area contributed by atoms with Crippen LogP contribution in [0.25, 0.3) is 0 Å². The minimum Gasteiger partial charge on any atom is -0.483 e. The van der Waals surface area contributed by atoms with Gasteiger partial charge in [0.05, 0.1) is 5.41 Å². The average Bonchev–Trinajstić information content (AvgIpc) is 2.78. The lowest BCUT2D eigenvalue weighted by Gasteiger charge is -2.41. The number of likely N-dealkylation sites (tertiary alicyclic amines) is 1. The molecule has 172 valence electrons. The van der Waals surface area contributed by atoms with E-state index in [0.29, 0.717) is 38.1 Å². The van der Waals surface area contributed by atoms with Crippen molar-refractivity contribution >= 4 is 11.7 Å². The van der Waals surface area contributed by atoms with E-state index < -0.39 is 5.41 Å². The first-order valence-corrected chi connectivity index (χ1v) is 11.8. The van der Waals surface area contributed by atoms with Gasteiger partial charge in [-0.3, -0.25) is 9.59 Å². The van der Waals surface area contributed by atoms with Crippen LogP contribution in [0.3, 0.4) is 0 Å². The third kappa shape index (κ3) is 5.06. The summed E-state index contributed by atoms with van der Waals surface area (Å²) in [5.41, 5.74) is 2.68. The van der Waals surface area contributed by atoms with Gasteiger partial charge in [-0.2, -0.15) is 0 Å². The van der Waals surface area contributed by atoms with Gasteiger partial charge in [0.1, 0.15) is 11.5 Å². The molecule has 3 rings (SSSR count). The maximum Gasteiger partial charge on any atom is 0.260 e. The number of rotatable bonds is 7. The lowest BCUT2D eigenvalue weighted by Crippen LogP contribution is -2.50. The number of ether oxygens (including phenoxy) is 1. The molecule has 0 bridgehead atoms. The maximum absolute atomic E-state index is 13.1. The summed E-state index contributed by atoms with van der Waals surface area (Å²) in [5.74, 6) is 1.09. The molecule has 4 nitrogen and oxygen atoms in total. The molecule has 0 saturated carbocycles. The summed E-state index contributed by atoms with van der Waals surface area (Å²) < 4.78 is 6.07. The Morgan fingerprint density at radius 2 is 1.66 bits per heavy atom. The van der Waals surface area contributed by atoms with Crippen molar-refractivity contribution in [3.63, 3.8) is 0 Å². The average molecular weight is 436 g/mol. The summed E-state index contributed by atoms with van der Waals surface area (Å²) in [6, 6.07) is 16.2. The van der Waals surface area contributed by atoms with Crippen LogP contribution in [-0.2, 0) is 20.4 Å². The van der Waals surface area contributed by atoms with Crippen molar-refractivity contribution in [3.05, 3.63) is 65.2 Å². The topological polar surface area (TPSA) is 46.6 Å². The summed E-state index contributed by atoms with van der Waals surface area (Å²) >= 11 is 0. The lowest BCUT2D eigenvalue weighted by atomic mass is 9.68. The molecule has 2 aromatic carbocycles. The van der Waals surface area contributed by atoms with Crippen LogP contribution in [0.15, 0.2) is 48.5 Å². The van der Waals surface area contributed by atoms with E-state index in [1.165, 1.54) is 0 Å². The molecule has 0 unspecified atom stereocenters. The van der Waals surface area contributed by atoms with Crippen molar-refractivity contribution in [2.75, 3.05) is 19.7 Å². The Balaban J connectivity index is 1.70. The molecule has 1 heterocycles. The normalized spacial score (nSPS) is 16.0. The Hall–Kier alpha value is -2.62. The fourth-order valence-corrected chi connectivity index (χ4v) is 4.75. The zero-order valence-electron chi connectivity index (χ0n) is 20.2. The number of hydrogen-bond acceptors (Lipinski definition) is 3. The van der Waals surface area contributed by atoms with Crippen LogP contribution >= 0.6 is 0 Å². The molecular formula is C28H37NO3. The van der Waals surface area contributed by atoms with Crippen molar-refractivity contribution < 1.29 is 14.3 Å². The van der Waals surface area contributed by atoms with E-state index in [9.17, 15) is 9.59 Å². The Kier molecular flexibility index (Phi) is 7.43. The molecule has 2 aromatic rings. The molecule has 1 aliphatic heterocycles. The standard InChI is InChI=1S/C28H37NO3/c1-6-11-24(30)28(22-13-8-7-9-14-22)16-18-29(19-17-28)25(31)20-32-26-21(2)12-10-15-23(26)27(3,4)5/h7-10,12-15H,6,11,16-20H2,1-5H3. The number of benzene rings is 2. The molecule has 0 aromatic heterocycles. The number of Topliss-reactive ketones (excluding diaryl/α,β-unsaturated/α-hetero) is 1. The highest BCUT2D eigenvalue weighted by Gasteiger charge is 2.42. The van der Waals surface area contributed by atoms with Crippen LogP contribution in [0.2, 0.25) is 0 Å². The van der Waals surface area contributed by atoms with Gasteiger partial charge in [0, 0.05) is 19.5 Å². The van der Waals surface area contributed by atoms with Crippen LogP contribution in [0.1, 0.15) is 70.1 Å². The van der Waals surface area contributed by atoms with Gasteiger partial charge < -0.3 is 9.64 Å². The summed E-state index contributed by atoms with van der Waals surface area (Å²) in [5, 5.41) is 0. The van der Waals surface area contributed by atoms with E-state index in [1.54, 1.807) is 0 Å². The van der Waals surface area contributed by atoms with Crippen LogP contribution in [0.5, 0.6) is 5.75 Å². The molecule has 32 heavy (non-hydrogen) atoms. The van der Waals surface area contributed by atoms with Crippen molar-refractivity contribution in [2.45, 2.75) is 71.1 Å². The molecule has 0 spiro atoms. The molecule has 1 amide bonds. The first-order chi connectivity index (χ1) is 15.2. The lowest BCUT2D eigenvalue weighted by molar-refractivity contribution is -0.137. The molecule has 1 aliphatic rings. The second kappa shape index (κ2) is 9.89. The SMILES string of the molecule is CCCC(=O)C1(c2ccccc2)CCN(C(=O)COc2c(C)cccc2C(C)(C)C)CC1. The quantitative estimate of drug-likeness (QED) is 0.569. The van der Waals surface area contributed by atoms with Crippen LogP contribution in [-0.4, -0.2) is 36.3 Å². The highest BCUT2D eigenvalue weighted by molar-refractivity contribution is 5.90. The zero-order chi connectivity index (χ0) is 23.4. The van der Waals surface area contributed by atoms with Crippen LogP contribution < -0.4 is 4.74 Å². The number of nitrogens with zero attached hydrogens (tertiary/aromatic N) is 1. The maximum atomic E-state index is 13.1. The van der Waals surface area contributed by atoms with Crippen LogP contribution in [0.4, 0.5) is 0 Å². The number of carbonyl (C=O) groups is 2. The first kappa shape index (κ1) is 24.0. The fourth-order valence-electron chi connectivity index (χ4n) is 4.75. The predicted molar refractivity (Wildman–Crippen MR) is 129 cm³/mol. The van der Waals surface area contributed by atoms with Gasteiger partial charge in [0.15, 0.2) is 6.61 Å². The molecule has 0 atom stereocenters. The second-order valence-corrected chi connectivity index (χ2v) is 9.99. The number of piperidine rings is 1. The number of ketones is 1. The van der Waals surface area contributed by atoms with Crippen molar-refractivity contribution in [2.24, 2.45) is 0 Å². The molecule has 0 N–H and O–H groups in total. The van der Waals surface area contributed by atoms with Gasteiger partial charge in [0.25, 0.3) is 5.91 Å². The minimum absolute atomic E-state index is 0.0160. The third-order valence-corrected chi connectivity index (χ3v) is 6.67. The van der Waals surface area contributed by atoms with E-state index >= 15 is 0 Å². The number of aryl methyl sites for hydroxylation is 1. The van der Waals surface area contributed by atoms with Gasteiger partial charge >= 0.3 is 0 Å². The molecule has 0 aliphatic carbocycles. The van der Waals surface area contributed by atoms with Gasteiger partial charge in [-0.05, 0) is 48.3 Å². The Morgan fingerprint density at radius 1 is 1.00 bits per heavy atom. The molecule has 4 heteroatoms. The molecule has 1 fully saturated rings. The molecule has 0 radical (unpaired) electrons. The van der Waals surface area contributed by atoms with E-state index in [0.717, 1.165) is 28.9 Å². The van der Waals surface area contributed by atoms with Crippen LogP contribution in [0, 0.1) is 6.92 Å². The van der Waals surface area contributed by atoms with Gasteiger partial charge in [0.2, 0.25) is 0 Å².